The van der Waals surface area contributed by atoms with Crippen LogP contribution < -0.4 is 0 Å². The summed E-state index contributed by atoms with van der Waals surface area (Å²) in [6.07, 6.45) is 0.366. The monoisotopic (exact) mass is 159 g/mol. The van der Waals surface area contributed by atoms with Crippen molar-refractivity contribution in [1.29, 1.82) is 0 Å². The second-order valence-corrected chi connectivity index (χ2v) is 2.92. The van der Waals surface area contributed by atoms with Crippen molar-refractivity contribution in [2.45, 2.75) is 0 Å². The van der Waals surface area contributed by atoms with Gasteiger partial charge < -0.3 is 14.0 Å². The van der Waals surface area contributed by atoms with Crippen LogP contribution in [0.4, 0.5) is 0 Å². The molecule has 0 spiro atoms. The van der Waals surface area contributed by atoms with Crippen molar-refractivity contribution >= 4 is 15.7 Å². The summed E-state index contributed by atoms with van der Waals surface area (Å²) in [6.45, 7) is 6.14. The quantitative estimate of drug-likeness (QED) is 0.232. The minimum atomic E-state index is -0.684. The average molecular weight is 159 g/mol. The Labute approximate surface area is 61.9 Å². The van der Waals surface area contributed by atoms with Crippen LogP contribution in [0.5, 0.6) is 0 Å². The average Bonchev–Trinajstić information content (AvgIpc) is 1.89. The Morgan fingerprint density at radius 1 is 1.80 bits per heavy atom. The fraction of sp³-hybridized carbons (Fsp3) is 0.600. The third-order valence-corrected chi connectivity index (χ3v) is 1.54. The second-order valence-electron chi connectivity index (χ2n) is 1.53. The molecule has 0 fully saturated rings. The Morgan fingerprint density at radius 3 is 3.00 bits per heavy atom. The molecule has 0 saturated heterocycles. The lowest BCUT2D eigenvalue weighted by Crippen LogP contribution is -2.13. The third-order valence-electron chi connectivity index (χ3n) is 0.759. The van der Waals surface area contributed by atoms with Crippen LogP contribution >= 0.6 is 0 Å². The summed E-state index contributed by atoms with van der Waals surface area (Å²) in [4.78, 5) is 13.3. The Hall–Kier alpha value is -0.863. The van der Waals surface area contributed by atoms with Crippen molar-refractivity contribution in [2.24, 2.45) is 0 Å². The highest BCUT2D eigenvalue weighted by Crippen LogP contribution is 1.78. The molecule has 4 nitrogen and oxygen atoms in total. The first-order valence-corrected chi connectivity index (χ1v) is 4.36. The molecular weight excluding hydrogens is 150 g/mol. The summed E-state index contributed by atoms with van der Waals surface area (Å²) in [6, 6.07) is 0. The molecule has 0 amide bonds. The molecule has 0 bridgehead atoms. The largest absolute Gasteiger partial charge is 0.462 e. The van der Waals surface area contributed by atoms with E-state index in [2.05, 4.69) is 9.58 Å². The van der Waals surface area contributed by atoms with Gasteiger partial charge in [0.1, 0.15) is 6.23 Å². The summed E-state index contributed by atoms with van der Waals surface area (Å²) >= 11 is 0. The van der Waals surface area contributed by atoms with Crippen LogP contribution in [0.15, 0.2) is 0 Å². The molecule has 10 heavy (non-hydrogen) atoms. The lowest BCUT2D eigenvalue weighted by atomic mass is 10.7. The van der Waals surface area contributed by atoms with E-state index in [-0.39, 0.29) is 6.54 Å². The summed E-state index contributed by atoms with van der Waals surface area (Å²) in [5.74, 6) is -0.459. The molecule has 0 heterocycles. The highest BCUT2D eigenvalue weighted by atomic mass is 28.2. The maximum absolute atomic E-state index is 10.4. The molecule has 0 aromatic heterocycles. The lowest BCUT2D eigenvalue weighted by Gasteiger charge is -1.97. The molecule has 0 atom stereocenters. The number of carbonyl (C=O) groups excluding carboxylic acids is 1. The van der Waals surface area contributed by atoms with Crippen LogP contribution in [0, 0.1) is 6.57 Å². The van der Waals surface area contributed by atoms with Gasteiger partial charge in [-0.3, -0.25) is 0 Å². The minimum absolute atomic E-state index is 0.182. The van der Waals surface area contributed by atoms with Crippen molar-refractivity contribution in [3.63, 3.8) is 0 Å². The second kappa shape index (κ2) is 6.26. The van der Waals surface area contributed by atoms with Gasteiger partial charge in [0.2, 0.25) is 9.76 Å². The summed E-state index contributed by atoms with van der Waals surface area (Å²) in [5, 5.41) is 0. The van der Waals surface area contributed by atoms with E-state index < -0.39 is 15.7 Å². The van der Waals surface area contributed by atoms with Crippen molar-refractivity contribution in [3.8, 4) is 0 Å². The van der Waals surface area contributed by atoms with Gasteiger partial charge in [0, 0.05) is 7.11 Å². The van der Waals surface area contributed by atoms with Crippen molar-refractivity contribution in [3.05, 3.63) is 11.4 Å². The van der Waals surface area contributed by atoms with Gasteiger partial charge in [0.05, 0.1) is 0 Å². The number of carbonyl (C=O) groups is 1. The summed E-state index contributed by atoms with van der Waals surface area (Å²) < 4.78 is 9.36. The number of nitrogens with zero attached hydrogens (tertiary/aromatic N) is 1. The molecule has 0 aliphatic rings. The Bertz CT molecular complexity index is 142. The van der Waals surface area contributed by atoms with Gasteiger partial charge in [-0.15, -0.1) is 0 Å². The standard InChI is InChI=1S/C5H9NO3Si/c1-6-3-5(7)9-4-10-8-2/h3-4,10H2,2H3. The number of hydrogen-bond donors (Lipinski definition) is 0. The molecule has 0 N–H and O–H groups in total. The molecule has 0 unspecified atom stereocenters. The maximum atomic E-state index is 10.4. The predicted octanol–water partition coefficient (Wildman–Crippen LogP) is -0.863. The van der Waals surface area contributed by atoms with Gasteiger partial charge in [0.15, 0.2) is 0 Å². The van der Waals surface area contributed by atoms with E-state index in [4.69, 9.17) is 11.0 Å². The SMILES string of the molecule is [C-]#[N+]CC(=O)OC[SiH2]OC. The predicted molar refractivity (Wildman–Crippen MR) is 38.0 cm³/mol. The van der Waals surface area contributed by atoms with Crippen LogP contribution in [0.1, 0.15) is 0 Å². The zero-order valence-corrected chi connectivity index (χ0v) is 7.21. The first-order valence-electron chi connectivity index (χ1n) is 2.79. The van der Waals surface area contributed by atoms with E-state index in [0.717, 1.165) is 0 Å². The van der Waals surface area contributed by atoms with E-state index in [1.54, 1.807) is 7.11 Å². The first kappa shape index (κ1) is 9.14. The number of esters is 1. The molecule has 0 rings (SSSR count). The van der Waals surface area contributed by atoms with E-state index in [9.17, 15) is 4.79 Å². The van der Waals surface area contributed by atoms with Gasteiger partial charge in [-0.1, -0.05) is 0 Å². The van der Waals surface area contributed by atoms with E-state index in [1.807, 2.05) is 0 Å². The normalized spacial score (nSPS) is 9.60. The number of hydrogen-bond acceptors (Lipinski definition) is 3. The first-order chi connectivity index (χ1) is 4.81. The zero-order chi connectivity index (χ0) is 7.82. The molecule has 0 aromatic rings. The van der Waals surface area contributed by atoms with Gasteiger partial charge in [-0.05, 0) is 0 Å². The highest BCUT2D eigenvalue weighted by Gasteiger charge is 2.03. The van der Waals surface area contributed by atoms with Crippen molar-refractivity contribution < 1.29 is 14.0 Å². The third kappa shape index (κ3) is 5.28. The Morgan fingerprint density at radius 2 is 2.50 bits per heavy atom. The minimum Gasteiger partial charge on any atom is -0.462 e. The summed E-state index contributed by atoms with van der Waals surface area (Å²) in [5.41, 5.74) is 0. The number of ether oxygens (including phenoxy) is 1. The van der Waals surface area contributed by atoms with Crippen molar-refractivity contribution in [1.82, 2.24) is 0 Å². The Kier molecular flexibility index (Phi) is 5.72. The van der Waals surface area contributed by atoms with Crippen LogP contribution in [0.25, 0.3) is 4.85 Å². The van der Waals surface area contributed by atoms with E-state index >= 15 is 0 Å². The van der Waals surface area contributed by atoms with Gasteiger partial charge in [-0.2, -0.15) is 0 Å². The molecular formula is C5H9NO3Si. The number of rotatable bonds is 4. The topological polar surface area (TPSA) is 39.9 Å². The van der Waals surface area contributed by atoms with Crippen LogP contribution in [0.3, 0.4) is 0 Å². The van der Waals surface area contributed by atoms with Gasteiger partial charge in [-0.25, -0.2) is 11.4 Å². The van der Waals surface area contributed by atoms with E-state index in [0.29, 0.717) is 6.23 Å². The van der Waals surface area contributed by atoms with Gasteiger partial charge in [0.25, 0.3) is 0 Å². The molecule has 0 aliphatic carbocycles. The van der Waals surface area contributed by atoms with Crippen molar-refractivity contribution in [2.75, 3.05) is 19.9 Å². The van der Waals surface area contributed by atoms with E-state index in [1.165, 1.54) is 0 Å². The fourth-order valence-electron chi connectivity index (χ4n) is 0.349. The fourth-order valence-corrected chi connectivity index (χ4v) is 0.827. The molecule has 0 saturated carbocycles. The molecule has 0 aromatic carbocycles. The smallest absolute Gasteiger partial charge is 0.386 e. The maximum Gasteiger partial charge on any atom is 0.386 e. The molecule has 0 radical (unpaired) electrons. The zero-order valence-electron chi connectivity index (χ0n) is 5.79. The molecule has 56 valence electrons. The molecule has 0 aliphatic heterocycles. The highest BCUT2D eigenvalue weighted by molar-refractivity contribution is 6.27. The Balaban J connectivity index is 3.15. The summed E-state index contributed by atoms with van der Waals surface area (Å²) in [7, 11) is 0.894. The van der Waals surface area contributed by atoms with Crippen LogP contribution in [-0.4, -0.2) is 35.6 Å². The van der Waals surface area contributed by atoms with Crippen LogP contribution in [-0.2, 0) is 14.0 Å². The lowest BCUT2D eigenvalue weighted by molar-refractivity contribution is -0.139. The van der Waals surface area contributed by atoms with Gasteiger partial charge >= 0.3 is 12.5 Å². The molecule has 5 heteroatoms. The van der Waals surface area contributed by atoms with Crippen LogP contribution in [0.2, 0.25) is 0 Å².